The summed E-state index contributed by atoms with van der Waals surface area (Å²) in [6, 6.07) is 7.17. The van der Waals surface area contributed by atoms with E-state index < -0.39 is 9.84 Å². The van der Waals surface area contributed by atoms with Crippen molar-refractivity contribution in [2.24, 2.45) is 0 Å². The van der Waals surface area contributed by atoms with Crippen molar-refractivity contribution in [2.75, 3.05) is 17.7 Å². The summed E-state index contributed by atoms with van der Waals surface area (Å²) in [5.41, 5.74) is 0.929. The van der Waals surface area contributed by atoms with Crippen molar-refractivity contribution >= 4 is 15.5 Å². The standard InChI is InChI=1S/C14H21NO3S/c1-3-19(16,17)13-8-6-12(7-9-13)15-11(2)14-5-4-10-18-14/h6-9,11,14-15H,3-5,10H2,1-2H3. The fourth-order valence-electron chi connectivity index (χ4n) is 2.28. The van der Waals surface area contributed by atoms with Gasteiger partial charge in [0.15, 0.2) is 9.84 Å². The number of ether oxygens (including phenoxy) is 1. The van der Waals surface area contributed by atoms with Crippen LogP contribution in [0.5, 0.6) is 0 Å². The predicted octanol–water partition coefficient (Wildman–Crippen LogP) is 2.46. The minimum atomic E-state index is -3.11. The largest absolute Gasteiger partial charge is 0.380 e. The number of rotatable bonds is 5. The normalized spacial score (nSPS) is 21.3. The molecule has 0 radical (unpaired) electrons. The van der Waals surface area contributed by atoms with E-state index in [0.29, 0.717) is 4.90 Å². The lowest BCUT2D eigenvalue weighted by Gasteiger charge is -2.21. The van der Waals surface area contributed by atoms with Crippen LogP contribution in [0.15, 0.2) is 29.2 Å². The Labute approximate surface area is 115 Å². The summed E-state index contributed by atoms with van der Waals surface area (Å²) < 4.78 is 29.0. The maximum absolute atomic E-state index is 11.7. The Balaban J connectivity index is 2.02. The van der Waals surface area contributed by atoms with Gasteiger partial charge in [0, 0.05) is 18.3 Å². The van der Waals surface area contributed by atoms with Gasteiger partial charge in [-0.3, -0.25) is 0 Å². The number of nitrogens with one attached hydrogen (secondary N) is 1. The van der Waals surface area contributed by atoms with Gasteiger partial charge in [-0.1, -0.05) is 6.92 Å². The first-order valence-electron chi connectivity index (χ1n) is 6.74. The maximum atomic E-state index is 11.7. The molecular formula is C14H21NO3S. The summed E-state index contributed by atoms with van der Waals surface area (Å²) in [4.78, 5) is 0.380. The van der Waals surface area contributed by atoms with E-state index in [-0.39, 0.29) is 17.9 Å². The van der Waals surface area contributed by atoms with Crippen LogP contribution < -0.4 is 5.32 Å². The highest BCUT2D eigenvalue weighted by Crippen LogP contribution is 2.20. The van der Waals surface area contributed by atoms with Crippen LogP contribution in [0.3, 0.4) is 0 Å². The van der Waals surface area contributed by atoms with Gasteiger partial charge in [0.2, 0.25) is 0 Å². The molecule has 1 aromatic carbocycles. The lowest BCUT2D eigenvalue weighted by Crippen LogP contribution is -2.29. The topological polar surface area (TPSA) is 55.4 Å². The molecule has 2 rings (SSSR count). The molecule has 19 heavy (non-hydrogen) atoms. The first kappa shape index (κ1) is 14.3. The molecule has 5 heteroatoms. The fraction of sp³-hybridized carbons (Fsp3) is 0.571. The van der Waals surface area contributed by atoms with Crippen LogP contribution in [0.4, 0.5) is 5.69 Å². The lowest BCUT2D eigenvalue weighted by atomic mass is 10.1. The third kappa shape index (κ3) is 3.48. The molecule has 0 bridgehead atoms. The Kier molecular flexibility index (Phi) is 4.47. The van der Waals surface area contributed by atoms with Gasteiger partial charge in [0.05, 0.1) is 16.8 Å². The third-order valence-electron chi connectivity index (χ3n) is 3.51. The van der Waals surface area contributed by atoms with E-state index in [1.807, 2.05) is 12.1 Å². The zero-order valence-corrected chi connectivity index (χ0v) is 12.2. The third-order valence-corrected chi connectivity index (χ3v) is 5.26. The van der Waals surface area contributed by atoms with Gasteiger partial charge in [-0.05, 0) is 44.0 Å². The van der Waals surface area contributed by atoms with Gasteiger partial charge in [0.1, 0.15) is 0 Å². The van der Waals surface area contributed by atoms with E-state index >= 15 is 0 Å². The van der Waals surface area contributed by atoms with Gasteiger partial charge in [0.25, 0.3) is 0 Å². The van der Waals surface area contributed by atoms with Gasteiger partial charge < -0.3 is 10.1 Å². The zero-order chi connectivity index (χ0) is 13.9. The molecule has 1 aliphatic heterocycles. The van der Waals surface area contributed by atoms with Crippen molar-refractivity contribution in [2.45, 2.75) is 43.7 Å². The highest BCUT2D eigenvalue weighted by atomic mass is 32.2. The summed E-state index contributed by atoms with van der Waals surface area (Å²) >= 11 is 0. The second kappa shape index (κ2) is 5.92. The molecule has 0 spiro atoms. The summed E-state index contributed by atoms with van der Waals surface area (Å²) in [6.45, 7) is 4.58. The van der Waals surface area contributed by atoms with E-state index in [4.69, 9.17) is 4.74 Å². The highest BCUT2D eigenvalue weighted by Gasteiger charge is 2.22. The predicted molar refractivity (Wildman–Crippen MR) is 76.2 cm³/mol. The van der Waals surface area contributed by atoms with E-state index in [0.717, 1.165) is 25.1 Å². The molecule has 1 heterocycles. The summed E-state index contributed by atoms with van der Waals surface area (Å²) in [5, 5.41) is 3.36. The zero-order valence-electron chi connectivity index (χ0n) is 11.4. The number of hydrogen-bond donors (Lipinski definition) is 1. The number of sulfone groups is 1. The Morgan fingerprint density at radius 1 is 1.37 bits per heavy atom. The van der Waals surface area contributed by atoms with Crippen LogP contribution in [0.25, 0.3) is 0 Å². The molecule has 2 atom stereocenters. The first-order valence-corrected chi connectivity index (χ1v) is 8.39. The molecule has 0 amide bonds. The number of hydrogen-bond acceptors (Lipinski definition) is 4. The molecule has 106 valence electrons. The van der Waals surface area contributed by atoms with Crippen molar-refractivity contribution in [3.63, 3.8) is 0 Å². The number of anilines is 1. The maximum Gasteiger partial charge on any atom is 0.178 e. The van der Waals surface area contributed by atoms with Gasteiger partial charge in [-0.15, -0.1) is 0 Å². The van der Waals surface area contributed by atoms with Crippen molar-refractivity contribution in [1.29, 1.82) is 0 Å². The van der Waals surface area contributed by atoms with Crippen molar-refractivity contribution in [3.05, 3.63) is 24.3 Å². The molecule has 2 unspecified atom stereocenters. The van der Waals surface area contributed by atoms with Crippen molar-refractivity contribution in [1.82, 2.24) is 0 Å². The molecule has 4 nitrogen and oxygen atoms in total. The molecule has 1 fully saturated rings. The molecule has 0 aromatic heterocycles. The molecule has 1 aliphatic rings. The average Bonchev–Trinajstić information content (AvgIpc) is 2.93. The van der Waals surface area contributed by atoms with Crippen LogP contribution >= 0.6 is 0 Å². The quantitative estimate of drug-likeness (QED) is 0.902. The van der Waals surface area contributed by atoms with Crippen LogP contribution in [0, 0.1) is 0 Å². The molecule has 0 saturated carbocycles. The van der Waals surface area contributed by atoms with E-state index in [1.165, 1.54) is 0 Å². The minimum absolute atomic E-state index is 0.131. The SMILES string of the molecule is CCS(=O)(=O)c1ccc(NC(C)C2CCCO2)cc1. The van der Waals surface area contributed by atoms with Crippen LogP contribution in [-0.4, -0.2) is 32.9 Å². The Bertz CT molecular complexity index is 504. The molecular weight excluding hydrogens is 262 g/mol. The van der Waals surface area contributed by atoms with E-state index in [2.05, 4.69) is 12.2 Å². The van der Waals surface area contributed by atoms with Gasteiger partial charge in [-0.25, -0.2) is 8.42 Å². The second-order valence-corrected chi connectivity index (χ2v) is 7.19. The average molecular weight is 283 g/mol. The smallest absolute Gasteiger partial charge is 0.178 e. The Morgan fingerprint density at radius 2 is 2.05 bits per heavy atom. The molecule has 1 aromatic rings. The monoisotopic (exact) mass is 283 g/mol. The van der Waals surface area contributed by atoms with Crippen molar-refractivity contribution in [3.8, 4) is 0 Å². The summed E-state index contributed by atoms with van der Waals surface area (Å²) in [6.07, 6.45) is 2.44. The first-order chi connectivity index (χ1) is 9.03. The van der Waals surface area contributed by atoms with Crippen LogP contribution in [0.2, 0.25) is 0 Å². The summed E-state index contributed by atoms with van der Waals surface area (Å²) in [7, 11) is -3.11. The van der Waals surface area contributed by atoms with E-state index in [9.17, 15) is 8.42 Å². The Hall–Kier alpha value is -1.07. The minimum Gasteiger partial charge on any atom is -0.380 e. The van der Waals surface area contributed by atoms with Gasteiger partial charge in [-0.2, -0.15) is 0 Å². The molecule has 1 N–H and O–H groups in total. The van der Waals surface area contributed by atoms with Gasteiger partial charge >= 0.3 is 0 Å². The lowest BCUT2D eigenvalue weighted by molar-refractivity contribution is 0.0996. The van der Waals surface area contributed by atoms with Crippen molar-refractivity contribution < 1.29 is 13.2 Å². The fourth-order valence-corrected chi connectivity index (χ4v) is 3.16. The summed E-state index contributed by atoms with van der Waals surface area (Å²) in [5.74, 6) is 0.131. The highest BCUT2D eigenvalue weighted by molar-refractivity contribution is 7.91. The van der Waals surface area contributed by atoms with Crippen LogP contribution in [-0.2, 0) is 14.6 Å². The van der Waals surface area contributed by atoms with Crippen LogP contribution in [0.1, 0.15) is 26.7 Å². The molecule has 0 aliphatic carbocycles. The molecule has 1 saturated heterocycles. The second-order valence-electron chi connectivity index (χ2n) is 4.91. The Morgan fingerprint density at radius 3 is 2.58 bits per heavy atom. The van der Waals surface area contributed by atoms with E-state index in [1.54, 1.807) is 19.1 Å². The number of benzene rings is 1.